The molecule has 0 bridgehead atoms. The molecular formula is C22H23N3O5S. The second kappa shape index (κ2) is 8.24. The number of benzene rings is 2. The van der Waals surface area contributed by atoms with Crippen molar-refractivity contribution < 1.29 is 22.8 Å². The molecule has 2 heterocycles. The van der Waals surface area contributed by atoms with Crippen LogP contribution < -0.4 is 10.2 Å². The zero-order chi connectivity index (χ0) is 22.2. The Labute approximate surface area is 180 Å². The molecule has 0 saturated carbocycles. The minimum Gasteiger partial charge on any atom is -0.325 e. The van der Waals surface area contributed by atoms with Crippen molar-refractivity contribution >= 4 is 39.0 Å². The number of carbonyl (C=O) groups is 3. The molecule has 2 amide bonds. The lowest BCUT2D eigenvalue weighted by molar-refractivity contribution is -0.118. The van der Waals surface area contributed by atoms with Crippen molar-refractivity contribution in [2.45, 2.75) is 37.1 Å². The number of Topliss-reactive ketones (excluding diaryl/α,β-unsaturated/α-hetero) is 1. The van der Waals surface area contributed by atoms with Crippen LogP contribution in [0.25, 0.3) is 0 Å². The Hall–Kier alpha value is -3.04. The lowest BCUT2D eigenvalue weighted by atomic mass is 10.1. The van der Waals surface area contributed by atoms with E-state index in [2.05, 4.69) is 5.32 Å². The number of para-hydroxylation sites is 1. The summed E-state index contributed by atoms with van der Waals surface area (Å²) in [6.45, 7) is 2.10. The molecule has 0 unspecified atom stereocenters. The van der Waals surface area contributed by atoms with Crippen LogP contribution in [0.4, 0.5) is 11.4 Å². The van der Waals surface area contributed by atoms with Crippen LogP contribution >= 0.6 is 0 Å². The summed E-state index contributed by atoms with van der Waals surface area (Å²) in [5, 5.41) is 2.65. The molecule has 0 spiro atoms. The maximum absolute atomic E-state index is 12.9. The van der Waals surface area contributed by atoms with Gasteiger partial charge < -0.3 is 5.32 Å². The normalized spacial score (nSPS) is 19.4. The number of ketones is 1. The van der Waals surface area contributed by atoms with Crippen LogP contribution in [0.1, 0.15) is 36.5 Å². The van der Waals surface area contributed by atoms with Gasteiger partial charge in [0.25, 0.3) is 11.7 Å². The van der Waals surface area contributed by atoms with Crippen LogP contribution in [0, 0.1) is 0 Å². The highest BCUT2D eigenvalue weighted by Gasteiger charge is 2.36. The van der Waals surface area contributed by atoms with E-state index in [1.54, 1.807) is 24.3 Å². The number of amides is 2. The lowest BCUT2D eigenvalue weighted by Crippen LogP contribution is -2.41. The number of hydrogen-bond donors (Lipinski definition) is 1. The van der Waals surface area contributed by atoms with Gasteiger partial charge in [-0.05, 0) is 56.2 Å². The molecule has 1 N–H and O–H groups in total. The van der Waals surface area contributed by atoms with E-state index < -0.39 is 27.6 Å². The summed E-state index contributed by atoms with van der Waals surface area (Å²) >= 11 is 0. The Morgan fingerprint density at radius 1 is 1.06 bits per heavy atom. The minimum atomic E-state index is -3.59. The standard InChI is InChI=1S/C22H23N3O5S/c1-15-6-4-5-13-25(15)31(29,30)17-11-9-16(10-12-17)23-20(26)14-24-19-8-3-2-7-18(19)21(27)22(24)28/h2-3,7-12,15H,4-6,13-14H2,1H3,(H,23,26)/t15-/m1/s1. The molecule has 2 aromatic carbocycles. The molecule has 2 aliphatic heterocycles. The number of nitrogens with zero attached hydrogens (tertiary/aromatic N) is 2. The van der Waals surface area contributed by atoms with Crippen LogP contribution in [-0.2, 0) is 19.6 Å². The van der Waals surface area contributed by atoms with Gasteiger partial charge in [0.1, 0.15) is 6.54 Å². The number of piperidine rings is 1. The van der Waals surface area contributed by atoms with E-state index in [-0.39, 0.29) is 23.0 Å². The third-order valence-corrected chi connectivity index (χ3v) is 7.70. The maximum atomic E-state index is 12.9. The van der Waals surface area contributed by atoms with Gasteiger partial charge in [-0.15, -0.1) is 0 Å². The average Bonchev–Trinajstić information content (AvgIpc) is 2.99. The van der Waals surface area contributed by atoms with Crippen LogP contribution in [0.15, 0.2) is 53.4 Å². The summed E-state index contributed by atoms with van der Waals surface area (Å²) in [6, 6.07) is 12.4. The molecule has 0 aromatic heterocycles. The highest BCUT2D eigenvalue weighted by atomic mass is 32.2. The maximum Gasteiger partial charge on any atom is 0.299 e. The van der Waals surface area contributed by atoms with Gasteiger partial charge in [0.2, 0.25) is 15.9 Å². The van der Waals surface area contributed by atoms with Crippen molar-refractivity contribution in [2.24, 2.45) is 0 Å². The van der Waals surface area contributed by atoms with Crippen LogP contribution in [0.5, 0.6) is 0 Å². The van der Waals surface area contributed by atoms with Crippen LogP contribution in [0.2, 0.25) is 0 Å². The van der Waals surface area contributed by atoms with Gasteiger partial charge in [-0.3, -0.25) is 19.3 Å². The average molecular weight is 442 g/mol. The summed E-state index contributed by atoms with van der Waals surface area (Å²) in [4.78, 5) is 38.0. The van der Waals surface area contributed by atoms with Crippen molar-refractivity contribution in [1.29, 1.82) is 0 Å². The monoisotopic (exact) mass is 441 g/mol. The Morgan fingerprint density at radius 3 is 2.48 bits per heavy atom. The smallest absolute Gasteiger partial charge is 0.299 e. The summed E-state index contributed by atoms with van der Waals surface area (Å²) in [6.07, 6.45) is 2.71. The number of rotatable bonds is 5. The molecule has 8 nitrogen and oxygen atoms in total. The third kappa shape index (κ3) is 3.98. The molecular weight excluding hydrogens is 418 g/mol. The summed E-state index contributed by atoms with van der Waals surface area (Å²) in [5.41, 5.74) is 1.09. The fourth-order valence-electron chi connectivity index (χ4n) is 4.02. The van der Waals surface area contributed by atoms with Crippen molar-refractivity contribution in [2.75, 3.05) is 23.3 Å². The molecule has 2 aromatic rings. The van der Waals surface area contributed by atoms with E-state index >= 15 is 0 Å². The quantitative estimate of drug-likeness (QED) is 0.718. The number of sulfonamides is 1. The van der Waals surface area contributed by atoms with Crippen LogP contribution in [-0.4, -0.2) is 49.5 Å². The molecule has 1 atom stereocenters. The third-order valence-electron chi connectivity index (χ3n) is 5.67. The highest BCUT2D eigenvalue weighted by Crippen LogP contribution is 2.29. The SMILES string of the molecule is C[C@@H]1CCCCN1S(=O)(=O)c1ccc(NC(=O)CN2C(=O)C(=O)c3ccccc32)cc1. The van der Waals surface area contributed by atoms with Crippen LogP contribution in [0.3, 0.4) is 0 Å². The van der Waals surface area contributed by atoms with Gasteiger partial charge in [0.05, 0.1) is 16.1 Å². The lowest BCUT2D eigenvalue weighted by Gasteiger charge is -2.32. The minimum absolute atomic E-state index is 0.0401. The number of carbonyl (C=O) groups excluding carboxylic acids is 3. The van der Waals surface area contributed by atoms with Gasteiger partial charge >= 0.3 is 0 Å². The first kappa shape index (κ1) is 21.2. The molecule has 1 fully saturated rings. The second-order valence-corrected chi connectivity index (χ2v) is 9.66. The molecule has 162 valence electrons. The summed E-state index contributed by atoms with van der Waals surface area (Å²) < 4.78 is 27.3. The van der Waals surface area contributed by atoms with E-state index in [1.165, 1.54) is 28.6 Å². The second-order valence-electron chi connectivity index (χ2n) is 7.77. The highest BCUT2D eigenvalue weighted by molar-refractivity contribution is 7.89. The van der Waals surface area contributed by atoms with E-state index in [9.17, 15) is 22.8 Å². The van der Waals surface area contributed by atoms with Gasteiger partial charge in [0.15, 0.2) is 0 Å². The zero-order valence-corrected chi connectivity index (χ0v) is 17.9. The number of fused-ring (bicyclic) bond motifs is 1. The van der Waals surface area contributed by atoms with Crippen molar-refractivity contribution in [3.05, 3.63) is 54.1 Å². The Kier molecular flexibility index (Phi) is 5.63. The molecule has 31 heavy (non-hydrogen) atoms. The fourth-order valence-corrected chi connectivity index (χ4v) is 5.72. The molecule has 0 radical (unpaired) electrons. The Morgan fingerprint density at radius 2 is 1.77 bits per heavy atom. The van der Waals surface area contributed by atoms with E-state index in [0.29, 0.717) is 17.9 Å². The zero-order valence-electron chi connectivity index (χ0n) is 17.1. The van der Waals surface area contributed by atoms with Crippen molar-refractivity contribution in [3.63, 3.8) is 0 Å². The Bertz CT molecular complexity index is 1140. The largest absolute Gasteiger partial charge is 0.325 e. The van der Waals surface area contributed by atoms with Crippen molar-refractivity contribution in [3.8, 4) is 0 Å². The summed E-state index contributed by atoms with van der Waals surface area (Å²) in [7, 11) is -3.59. The predicted molar refractivity (Wildman–Crippen MR) is 115 cm³/mol. The van der Waals surface area contributed by atoms with E-state index in [1.807, 2.05) is 6.92 Å². The molecule has 9 heteroatoms. The molecule has 0 aliphatic carbocycles. The summed E-state index contributed by atoms with van der Waals surface area (Å²) in [5.74, 6) is -1.86. The first-order valence-corrected chi connectivity index (χ1v) is 11.6. The first-order chi connectivity index (χ1) is 14.8. The molecule has 2 aliphatic rings. The fraction of sp³-hybridized carbons (Fsp3) is 0.318. The van der Waals surface area contributed by atoms with Gasteiger partial charge in [0, 0.05) is 18.3 Å². The topological polar surface area (TPSA) is 104 Å². The number of nitrogens with one attached hydrogen (secondary N) is 1. The predicted octanol–water partition coefficient (Wildman–Crippen LogP) is 2.42. The van der Waals surface area contributed by atoms with Crippen molar-refractivity contribution in [1.82, 2.24) is 4.31 Å². The van der Waals surface area contributed by atoms with E-state index in [0.717, 1.165) is 24.2 Å². The number of anilines is 2. The van der Waals surface area contributed by atoms with Gasteiger partial charge in [-0.25, -0.2) is 8.42 Å². The Balaban J connectivity index is 1.44. The number of hydrogen-bond acceptors (Lipinski definition) is 5. The van der Waals surface area contributed by atoms with Gasteiger partial charge in [-0.1, -0.05) is 18.6 Å². The molecule has 4 rings (SSSR count). The molecule has 1 saturated heterocycles. The van der Waals surface area contributed by atoms with Gasteiger partial charge in [-0.2, -0.15) is 4.31 Å². The first-order valence-electron chi connectivity index (χ1n) is 10.2. The van der Waals surface area contributed by atoms with E-state index in [4.69, 9.17) is 0 Å².